The van der Waals surface area contributed by atoms with Crippen LogP contribution in [0.4, 0.5) is 5.13 Å². The number of nitrogens with zero attached hydrogens (tertiary/aromatic N) is 3. The predicted octanol–water partition coefficient (Wildman–Crippen LogP) is 4.43. The van der Waals surface area contributed by atoms with Gasteiger partial charge in [-0.25, -0.2) is 0 Å². The van der Waals surface area contributed by atoms with E-state index in [0.717, 1.165) is 28.4 Å². The minimum absolute atomic E-state index is 0.338. The summed E-state index contributed by atoms with van der Waals surface area (Å²) in [5.74, 6) is 1.38. The Morgan fingerprint density at radius 2 is 1.82 bits per heavy atom. The smallest absolute Gasteiger partial charge is 0.263 e. The normalized spacial score (nSPS) is 10.6. The molecule has 0 aliphatic rings. The number of hydrogen-bond donors (Lipinski definition) is 1. The quantitative estimate of drug-likeness (QED) is 0.540. The molecular formula is C20H16N4O3S. The van der Waals surface area contributed by atoms with Crippen LogP contribution < -0.4 is 10.1 Å². The predicted molar refractivity (Wildman–Crippen MR) is 107 cm³/mol. The summed E-state index contributed by atoms with van der Waals surface area (Å²) in [7, 11) is 1.61. The van der Waals surface area contributed by atoms with Crippen LogP contribution in [0.1, 0.15) is 16.1 Å². The van der Waals surface area contributed by atoms with Gasteiger partial charge in [0.05, 0.1) is 12.8 Å². The van der Waals surface area contributed by atoms with Crippen molar-refractivity contribution < 1.29 is 14.1 Å². The Bertz CT molecular complexity index is 1100. The Morgan fingerprint density at radius 3 is 2.54 bits per heavy atom. The zero-order chi connectivity index (χ0) is 19.5. The summed E-state index contributed by atoms with van der Waals surface area (Å²) in [5, 5.41) is 7.13. The van der Waals surface area contributed by atoms with Crippen molar-refractivity contribution in [3.63, 3.8) is 0 Å². The number of amides is 1. The highest BCUT2D eigenvalue weighted by molar-refractivity contribution is 7.10. The van der Waals surface area contributed by atoms with Gasteiger partial charge in [-0.05, 0) is 31.2 Å². The molecule has 4 aromatic rings. The largest absolute Gasteiger partial charge is 0.497 e. The van der Waals surface area contributed by atoms with Crippen LogP contribution in [0.15, 0.2) is 59.1 Å². The van der Waals surface area contributed by atoms with Crippen LogP contribution in [0.3, 0.4) is 0 Å². The number of carbonyl (C=O) groups excluding carboxylic acids is 1. The maximum Gasteiger partial charge on any atom is 0.263 e. The van der Waals surface area contributed by atoms with E-state index in [1.807, 2.05) is 54.6 Å². The van der Waals surface area contributed by atoms with Gasteiger partial charge in [-0.3, -0.25) is 10.1 Å². The van der Waals surface area contributed by atoms with Crippen molar-refractivity contribution in [2.75, 3.05) is 12.4 Å². The zero-order valence-corrected chi connectivity index (χ0v) is 16.0. The van der Waals surface area contributed by atoms with Gasteiger partial charge in [-0.2, -0.15) is 9.36 Å². The lowest BCUT2D eigenvalue weighted by Crippen LogP contribution is -2.13. The molecule has 0 radical (unpaired) electrons. The maximum absolute atomic E-state index is 12.8. The minimum atomic E-state index is -0.338. The van der Waals surface area contributed by atoms with E-state index in [1.54, 1.807) is 14.0 Å². The van der Waals surface area contributed by atoms with Gasteiger partial charge >= 0.3 is 0 Å². The van der Waals surface area contributed by atoms with Crippen LogP contribution in [-0.4, -0.2) is 27.5 Å². The number of carbonyl (C=O) groups is 1. The molecule has 0 aliphatic carbocycles. The molecule has 0 bridgehead atoms. The maximum atomic E-state index is 12.8. The van der Waals surface area contributed by atoms with Crippen molar-refractivity contribution in [1.82, 2.24) is 14.5 Å². The summed E-state index contributed by atoms with van der Waals surface area (Å²) in [4.78, 5) is 17.2. The molecule has 8 heteroatoms. The molecule has 4 rings (SSSR count). The molecule has 0 saturated carbocycles. The first-order valence-electron chi connectivity index (χ1n) is 8.47. The molecule has 0 unspecified atom stereocenters. The van der Waals surface area contributed by atoms with Crippen molar-refractivity contribution in [3.8, 4) is 28.5 Å². The number of ether oxygens (including phenoxy) is 1. The minimum Gasteiger partial charge on any atom is -0.497 e. The Kier molecular flexibility index (Phi) is 4.86. The third kappa shape index (κ3) is 3.49. The van der Waals surface area contributed by atoms with Gasteiger partial charge in [-0.15, -0.1) is 0 Å². The SMILES string of the molecule is COc1ccc(-c2nsc(NC(=O)c3c(C)noc3-c3ccccc3)n2)cc1. The number of anilines is 1. The van der Waals surface area contributed by atoms with E-state index in [-0.39, 0.29) is 5.91 Å². The average Bonchev–Trinajstić information content (AvgIpc) is 3.35. The van der Waals surface area contributed by atoms with E-state index in [0.29, 0.717) is 28.0 Å². The van der Waals surface area contributed by atoms with Crippen molar-refractivity contribution >= 4 is 22.6 Å². The Morgan fingerprint density at radius 1 is 1.07 bits per heavy atom. The molecule has 0 aliphatic heterocycles. The lowest BCUT2D eigenvalue weighted by molar-refractivity contribution is 0.102. The molecule has 2 heterocycles. The summed E-state index contributed by atoms with van der Waals surface area (Å²) in [6.45, 7) is 1.73. The molecule has 0 spiro atoms. The summed E-state index contributed by atoms with van der Waals surface area (Å²) in [6.07, 6.45) is 0. The third-order valence-corrected chi connectivity index (χ3v) is 4.75. The molecule has 28 heavy (non-hydrogen) atoms. The van der Waals surface area contributed by atoms with Gasteiger partial charge < -0.3 is 9.26 Å². The van der Waals surface area contributed by atoms with Gasteiger partial charge in [0.1, 0.15) is 11.3 Å². The first kappa shape index (κ1) is 17.9. The number of aryl methyl sites for hydroxylation is 1. The molecule has 7 nitrogen and oxygen atoms in total. The van der Waals surface area contributed by atoms with E-state index >= 15 is 0 Å². The Labute approximate surface area is 165 Å². The van der Waals surface area contributed by atoms with Crippen LogP contribution in [0, 0.1) is 6.92 Å². The highest BCUT2D eigenvalue weighted by Gasteiger charge is 2.23. The van der Waals surface area contributed by atoms with Crippen LogP contribution in [0.2, 0.25) is 0 Å². The van der Waals surface area contributed by atoms with Gasteiger partial charge in [-0.1, -0.05) is 35.5 Å². The highest BCUT2D eigenvalue weighted by Crippen LogP contribution is 2.28. The molecular weight excluding hydrogens is 376 g/mol. The van der Waals surface area contributed by atoms with Crippen molar-refractivity contribution in [1.29, 1.82) is 0 Å². The monoisotopic (exact) mass is 392 g/mol. The van der Waals surface area contributed by atoms with Gasteiger partial charge in [0.25, 0.3) is 5.91 Å². The highest BCUT2D eigenvalue weighted by atomic mass is 32.1. The van der Waals surface area contributed by atoms with E-state index < -0.39 is 0 Å². The average molecular weight is 392 g/mol. The number of methoxy groups -OCH3 is 1. The van der Waals surface area contributed by atoms with Crippen LogP contribution >= 0.6 is 11.5 Å². The molecule has 0 fully saturated rings. The van der Waals surface area contributed by atoms with Gasteiger partial charge in [0.15, 0.2) is 11.6 Å². The number of rotatable bonds is 5. The Balaban J connectivity index is 1.57. The second-order valence-electron chi connectivity index (χ2n) is 5.94. The van der Waals surface area contributed by atoms with E-state index in [4.69, 9.17) is 9.26 Å². The summed E-state index contributed by atoms with van der Waals surface area (Å²) < 4.78 is 14.8. The summed E-state index contributed by atoms with van der Waals surface area (Å²) >= 11 is 1.11. The first-order valence-corrected chi connectivity index (χ1v) is 9.24. The topological polar surface area (TPSA) is 90.1 Å². The van der Waals surface area contributed by atoms with Crippen molar-refractivity contribution in [3.05, 3.63) is 65.9 Å². The summed E-state index contributed by atoms with van der Waals surface area (Å²) in [5.41, 5.74) is 2.51. The number of aromatic nitrogens is 3. The number of benzene rings is 2. The fourth-order valence-corrected chi connectivity index (χ4v) is 3.30. The van der Waals surface area contributed by atoms with E-state index in [9.17, 15) is 4.79 Å². The Hall–Kier alpha value is -3.52. The molecule has 1 amide bonds. The number of nitrogens with one attached hydrogen (secondary N) is 1. The van der Waals surface area contributed by atoms with Crippen molar-refractivity contribution in [2.45, 2.75) is 6.92 Å². The molecule has 2 aromatic heterocycles. The lowest BCUT2D eigenvalue weighted by atomic mass is 10.1. The molecule has 1 N–H and O–H groups in total. The summed E-state index contributed by atoms with van der Waals surface area (Å²) in [6, 6.07) is 16.8. The van der Waals surface area contributed by atoms with Gasteiger partial charge in [0.2, 0.25) is 5.13 Å². The lowest BCUT2D eigenvalue weighted by Gasteiger charge is -2.02. The second kappa shape index (κ2) is 7.61. The first-order chi connectivity index (χ1) is 13.7. The standard InChI is InChI=1S/C20H16N4O3S/c1-12-16(17(27-23-12)13-6-4-3-5-7-13)19(25)22-20-21-18(24-28-20)14-8-10-15(26-2)11-9-14/h3-11H,1-2H3,(H,21,22,24,25). The van der Waals surface area contributed by atoms with E-state index in [2.05, 4.69) is 19.8 Å². The third-order valence-electron chi connectivity index (χ3n) is 4.12. The second-order valence-corrected chi connectivity index (χ2v) is 6.70. The van der Waals surface area contributed by atoms with Crippen LogP contribution in [0.25, 0.3) is 22.7 Å². The fraction of sp³-hybridized carbons (Fsp3) is 0.100. The van der Waals surface area contributed by atoms with Crippen molar-refractivity contribution in [2.24, 2.45) is 0 Å². The fourth-order valence-electron chi connectivity index (χ4n) is 2.71. The zero-order valence-electron chi connectivity index (χ0n) is 15.2. The number of hydrogen-bond acceptors (Lipinski definition) is 7. The molecule has 0 saturated heterocycles. The molecule has 0 atom stereocenters. The molecule has 2 aromatic carbocycles. The van der Waals surface area contributed by atoms with Gasteiger partial charge in [0, 0.05) is 22.7 Å². The van der Waals surface area contributed by atoms with Crippen LogP contribution in [0.5, 0.6) is 5.75 Å². The van der Waals surface area contributed by atoms with Crippen LogP contribution in [-0.2, 0) is 0 Å². The van der Waals surface area contributed by atoms with E-state index in [1.165, 1.54) is 0 Å². The molecule has 140 valence electrons.